The van der Waals surface area contributed by atoms with E-state index in [4.69, 9.17) is 34.0 Å². The van der Waals surface area contributed by atoms with Gasteiger partial charge in [-0.1, -0.05) is 42.3 Å². The van der Waals surface area contributed by atoms with Crippen molar-refractivity contribution in [3.05, 3.63) is 33.8 Å². The van der Waals surface area contributed by atoms with Crippen molar-refractivity contribution in [2.24, 2.45) is 17.6 Å². The standard InChI is InChI=1S/C13H17Cl2NO2/c1-8(6-10(7-16)13(17)18)5-9-3-2-4-11(14)12(9)15/h2-4,8,10H,5-7,16H2,1H3,(H,17,18). The first-order chi connectivity index (χ1) is 8.45. The van der Waals surface area contributed by atoms with Gasteiger partial charge in [0.05, 0.1) is 16.0 Å². The van der Waals surface area contributed by atoms with E-state index in [2.05, 4.69) is 0 Å². The number of carbonyl (C=O) groups is 1. The zero-order chi connectivity index (χ0) is 13.7. The van der Waals surface area contributed by atoms with Crippen LogP contribution in [0.25, 0.3) is 0 Å². The summed E-state index contributed by atoms with van der Waals surface area (Å²) in [7, 11) is 0. The van der Waals surface area contributed by atoms with Crippen LogP contribution in [0.1, 0.15) is 18.9 Å². The zero-order valence-corrected chi connectivity index (χ0v) is 11.7. The molecule has 0 radical (unpaired) electrons. The van der Waals surface area contributed by atoms with E-state index in [1.54, 1.807) is 6.07 Å². The average molecular weight is 290 g/mol. The van der Waals surface area contributed by atoms with Gasteiger partial charge >= 0.3 is 5.97 Å². The maximum absolute atomic E-state index is 10.9. The Morgan fingerprint density at radius 3 is 2.67 bits per heavy atom. The molecule has 5 heteroatoms. The molecule has 0 bridgehead atoms. The minimum absolute atomic E-state index is 0.156. The molecule has 0 aliphatic carbocycles. The molecule has 3 N–H and O–H groups in total. The molecule has 0 fully saturated rings. The van der Waals surface area contributed by atoms with Gasteiger partial charge in [0.2, 0.25) is 0 Å². The van der Waals surface area contributed by atoms with Crippen molar-refractivity contribution in [3.8, 4) is 0 Å². The Morgan fingerprint density at radius 1 is 1.44 bits per heavy atom. The normalized spacial score (nSPS) is 14.2. The zero-order valence-electron chi connectivity index (χ0n) is 10.2. The number of nitrogens with two attached hydrogens (primary N) is 1. The number of benzene rings is 1. The summed E-state index contributed by atoms with van der Waals surface area (Å²) in [6.45, 7) is 2.14. The Kier molecular flexibility index (Phi) is 5.93. The Bertz CT molecular complexity index is 423. The first-order valence-corrected chi connectivity index (χ1v) is 6.57. The lowest BCUT2D eigenvalue weighted by molar-refractivity contribution is -0.141. The molecular formula is C13H17Cl2NO2. The van der Waals surface area contributed by atoms with E-state index in [0.29, 0.717) is 22.9 Å². The smallest absolute Gasteiger partial charge is 0.307 e. The summed E-state index contributed by atoms with van der Waals surface area (Å²) in [5.74, 6) is -1.16. The third kappa shape index (κ3) is 4.16. The van der Waals surface area contributed by atoms with Crippen molar-refractivity contribution in [2.45, 2.75) is 19.8 Å². The second kappa shape index (κ2) is 6.98. The Morgan fingerprint density at radius 2 is 2.11 bits per heavy atom. The summed E-state index contributed by atoms with van der Waals surface area (Å²) in [6.07, 6.45) is 1.23. The fourth-order valence-corrected chi connectivity index (χ4v) is 2.35. The van der Waals surface area contributed by atoms with Gasteiger partial charge in [-0.05, 0) is 30.4 Å². The molecule has 0 aliphatic rings. The Labute approximate surface area is 117 Å². The summed E-state index contributed by atoms with van der Waals surface area (Å²) in [5.41, 5.74) is 6.38. The maximum Gasteiger partial charge on any atom is 0.307 e. The minimum atomic E-state index is -0.846. The van der Waals surface area contributed by atoms with E-state index >= 15 is 0 Å². The fraction of sp³-hybridized carbons (Fsp3) is 0.462. The highest BCUT2D eigenvalue weighted by molar-refractivity contribution is 6.42. The topological polar surface area (TPSA) is 63.3 Å². The molecule has 2 unspecified atom stereocenters. The molecular weight excluding hydrogens is 273 g/mol. The van der Waals surface area contributed by atoms with E-state index in [9.17, 15) is 4.79 Å². The van der Waals surface area contributed by atoms with Gasteiger partial charge in [0.25, 0.3) is 0 Å². The van der Waals surface area contributed by atoms with Crippen molar-refractivity contribution in [1.29, 1.82) is 0 Å². The molecule has 18 heavy (non-hydrogen) atoms. The van der Waals surface area contributed by atoms with Gasteiger partial charge < -0.3 is 10.8 Å². The van der Waals surface area contributed by atoms with E-state index in [1.165, 1.54) is 0 Å². The summed E-state index contributed by atoms with van der Waals surface area (Å²) >= 11 is 12.0. The van der Waals surface area contributed by atoms with Crippen molar-refractivity contribution in [3.63, 3.8) is 0 Å². The lowest BCUT2D eigenvalue weighted by Crippen LogP contribution is -2.25. The lowest BCUT2D eigenvalue weighted by atomic mass is 9.91. The van der Waals surface area contributed by atoms with Gasteiger partial charge in [-0.25, -0.2) is 0 Å². The van der Waals surface area contributed by atoms with Crippen molar-refractivity contribution in [2.75, 3.05) is 6.54 Å². The van der Waals surface area contributed by atoms with Crippen LogP contribution in [-0.2, 0) is 11.2 Å². The monoisotopic (exact) mass is 289 g/mol. The second-order valence-electron chi connectivity index (χ2n) is 4.53. The van der Waals surface area contributed by atoms with E-state index in [-0.39, 0.29) is 12.5 Å². The molecule has 0 spiro atoms. The Balaban J connectivity index is 2.67. The summed E-state index contributed by atoms with van der Waals surface area (Å²) in [5, 5.41) is 10.0. The maximum atomic E-state index is 10.9. The molecule has 1 rings (SSSR count). The van der Waals surface area contributed by atoms with Crippen LogP contribution in [0.2, 0.25) is 10.0 Å². The van der Waals surface area contributed by atoms with E-state index in [0.717, 1.165) is 5.56 Å². The number of hydrogen-bond donors (Lipinski definition) is 2. The summed E-state index contributed by atoms with van der Waals surface area (Å²) in [6, 6.07) is 5.48. The number of aliphatic carboxylic acids is 1. The molecule has 0 amide bonds. The minimum Gasteiger partial charge on any atom is -0.481 e. The predicted molar refractivity (Wildman–Crippen MR) is 74.1 cm³/mol. The van der Waals surface area contributed by atoms with Gasteiger partial charge in [0.1, 0.15) is 0 Å². The number of carboxylic acids is 1. The highest BCUT2D eigenvalue weighted by Crippen LogP contribution is 2.28. The molecule has 0 saturated carbocycles. The third-order valence-corrected chi connectivity index (χ3v) is 3.78. The number of carboxylic acid groups (broad SMARTS) is 1. The van der Waals surface area contributed by atoms with Crippen molar-refractivity contribution in [1.82, 2.24) is 0 Å². The van der Waals surface area contributed by atoms with Gasteiger partial charge in [0, 0.05) is 6.54 Å². The molecule has 3 nitrogen and oxygen atoms in total. The average Bonchev–Trinajstić information content (AvgIpc) is 2.31. The quantitative estimate of drug-likeness (QED) is 0.845. The molecule has 100 valence electrons. The van der Waals surface area contributed by atoms with Crippen molar-refractivity contribution >= 4 is 29.2 Å². The lowest BCUT2D eigenvalue weighted by Gasteiger charge is -2.17. The number of rotatable bonds is 6. The van der Waals surface area contributed by atoms with Gasteiger partial charge in [0.15, 0.2) is 0 Å². The van der Waals surface area contributed by atoms with Crippen LogP contribution in [0.4, 0.5) is 0 Å². The predicted octanol–water partition coefficient (Wildman–Crippen LogP) is 3.22. The molecule has 0 aromatic heterocycles. The third-order valence-electron chi connectivity index (χ3n) is 2.92. The molecule has 0 aliphatic heterocycles. The van der Waals surface area contributed by atoms with Gasteiger partial charge in [-0.2, -0.15) is 0 Å². The summed E-state index contributed by atoms with van der Waals surface area (Å²) in [4.78, 5) is 10.9. The van der Waals surface area contributed by atoms with Crippen LogP contribution < -0.4 is 5.73 Å². The largest absolute Gasteiger partial charge is 0.481 e. The molecule has 2 atom stereocenters. The fourth-order valence-electron chi connectivity index (χ4n) is 1.95. The first kappa shape index (κ1) is 15.3. The van der Waals surface area contributed by atoms with Crippen LogP contribution in [0.5, 0.6) is 0 Å². The SMILES string of the molecule is CC(Cc1cccc(Cl)c1Cl)CC(CN)C(=O)O. The van der Waals surface area contributed by atoms with Gasteiger partial charge in [-0.15, -0.1) is 0 Å². The van der Waals surface area contributed by atoms with Crippen molar-refractivity contribution < 1.29 is 9.90 Å². The van der Waals surface area contributed by atoms with Crippen LogP contribution in [0.3, 0.4) is 0 Å². The first-order valence-electron chi connectivity index (χ1n) is 5.81. The van der Waals surface area contributed by atoms with E-state index in [1.807, 2.05) is 19.1 Å². The molecule has 0 heterocycles. The summed E-state index contributed by atoms with van der Waals surface area (Å²) < 4.78 is 0. The second-order valence-corrected chi connectivity index (χ2v) is 5.31. The molecule has 0 saturated heterocycles. The Hall–Kier alpha value is -0.770. The number of halogens is 2. The molecule has 1 aromatic rings. The van der Waals surface area contributed by atoms with Crippen LogP contribution >= 0.6 is 23.2 Å². The highest BCUT2D eigenvalue weighted by atomic mass is 35.5. The molecule has 1 aromatic carbocycles. The van der Waals surface area contributed by atoms with Crippen LogP contribution in [0.15, 0.2) is 18.2 Å². The van der Waals surface area contributed by atoms with Crippen LogP contribution in [-0.4, -0.2) is 17.6 Å². The highest BCUT2D eigenvalue weighted by Gasteiger charge is 2.19. The number of hydrogen-bond acceptors (Lipinski definition) is 2. The van der Waals surface area contributed by atoms with Crippen LogP contribution in [0, 0.1) is 11.8 Å². The van der Waals surface area contributed by atoms with Gasteiger partial charge in [-0.3, -0.25) is 4.79 Å². The van der Waals surface area contributed by atoms with E-state index < -0.39 is 11.9 Å².